The fourth-order valence-electron chi connectivity index (χ4n) is 2.71. The fraction of sp³-hybridized carbons (Fsp3) is 0.182. The maximum atomic E-state index is 11.7. The van der Waals surface area contributed by atoms with E-state index in [4.69, 9.17) is 0 Å². The van der Waals surface area contributed by atoms with Gasteiger partial charge in [0.2, 0.25) is 11.8 Å². The van der Waals surface area contributed by atoms with Gasteiger partial charge in [0.25, 0.3) is 0 Å². The first kappa shape index (κ1) is 21.9. The highest BCUT2D eigenvalue weighted by Gasteiger charge is 2.17. The van der Waals surface area contributed by atoms with Crippen LogP contribution in [0.5, 0.6) is 0 Å². The largest absolute Gasteiger partial charge is 0.326 e. The van der Waals surface area contributed by atoms with E-state index in [-0.39, 0.29) is 23.2 Å². The van der Waals surface area contributed by atoms with Crippen molar-refractivity contribution in [3.8, 4) is 17.3 Å². The van der Waals surface area contributed by atoms with Crippen molar-refractivity contribution in [1.82, 2.24) is 15.0 Å². The molecule has 3 aromatic rings. The number of aromatic nitrogens is 3. The second-order valence-corrected chi connectivity index (χ2v) is 7.69. The highest BCUT2D eigenvalue weighted by Crippen LogP contribution is 2.30. The van der Waals surface area contributed by atoms with Gasteiger partial charge in [0, 0.05) is 37.0 Å². The van der Waals surface area contributed by atoms with Gasteiger partial charge >= 0.3 is 0 Å². The van der Waals surface area contributed by atoms with Gasteiger partial charge in [-0.25, -0.2) is 9.97 Å². The number of hydrogen-bond acceptors (Lipinski definition) is 7. The second-order valence-electron chi connectivity index (χ2n) is 6.75. The predicted molar refractivity (Wildman–Crippen MR) is 119 cm³/mol. The van der Waals surface area contributed by atoms with E-state index in [0.717, 1.165) is 11.3 Å². The van der Waals surface area contributed by atoms with Crippen LogP contribution in [0, 0.1) is 18.3 Å². The molecular weight excluding hydrogens is 412 g/mol. The van der Waals surface area contributed by atoms with Crippen LogP contribution in [0.4, 0.5) is 11.5 Å². The Bertz CT molecular complexity index is 1150. The van der Waals surface area contributed by atoms with Crippen LogP contribution in [0.1, 0.15) is 30.7 Å². The fourth-order valence-corrected chi connectivity index (χ4v) is 3.47. The number of pyridine rings is 1. The molecule has 2 N–H and O–H groups in total. The summed E-state index contributed by atoms with van der Waals surface area (Å²) < 4.78 is 0. The molecular formula is C22H20N6O2S. The van der Waals surface area contributed by atoms with Gasteiger partial charge in [-0.2, -0.15) is 5.26 Å². The number of aryl methyl sites for hydroxylation is 1. The molecule has 2 heterocycles. The van der Waals surface area contributed by atoms with E-state index in [1.54, 1.807) is 30.5 Å². The molecule has 31 heavy (non-hydrogen) atoms. The Labute approximate surface area is 184 Å². The average Bonchev–Trinajstić information content (AvgIpc) is 2.73. The van der Waals surface area contributed by atoms with E-state index in [2.05, 4.69) is 31.7 Å². The number of rotatable bonds is 6. The standard InChI is InChI=1S/C22H20N6O2S/c1-13-4-7-18(24-11-13)12-31-22-27-20(19(10-23)21(28-22)26-15(3)30)16-5-8-17(9-6-16)25-14(2)29/h4-9,11H,12H2,1-3H3,(H,25,29)(H,26,27,28,30). The van der Waals surface area contributed by atoms with Gasteiger partial charge in [0.1, 0.15) is 11.6 Å². The SMILES string of the molecule is CC(=O)Nc1ccc(-c2nc(SCc3ccc(C)cn3)nc(NC(C)=O)c2C#N)cc1. The summed E-state index contributed by atoms with van der Waals surface area (Å²) in [5.74, 6) is 0.180. The lowest BCUT2D eigenvalue weighted by molar-refractivity contribution is -0.115. The third-order valence-corrected chi connectivity index (χ3v) is 4.98. The summed E-state index contributed by atoms with van der Waals surface area (Å²) in [5.41, 5.74) is 3.79. The number of carbonyl (C=O) groups is 2. The van der Waals surface area contributed by atoms with E-state index in [1.807, 2.05) is 19.1 Å². The van der Waals surface area contributed by atoms with Crippen molar-refractivity contribution in [3.05, 3.63) is 59.4 Å². The lowest BCUT2D eigenvalue weighted by atomic mass is 10.1. The third kappa shape index (κ3) is 5.87. The minimum Gasteiger partial charge on any atom is -0.326 e. The quantitative estimate of drug-likeness (QED) is 0.447. The Balaban J connectivity index is 1.98. The third-order valence-electron chi connectivity index (χ3n) is 4.10. The monoisotopic (exact) mass is 432 g/mol. The topological polar surface area (TPSA) is 121 Å². The Morgan fingerprint density at radius 3 is 2.32 bits per heavy atom. The van der Waals surface area contributed by atoms with Crippen molar-refractivity contribution in [2.24, 2.45) is 0 Å². The van der Waals surface area contributed by atoms with E-state index >= 15 is 0 Å². The van der Waals surface area contributed by atoms with Crippen LogP contribution in [0.15, 0.2) is 47.8 Å². The number of carbonyl (C=O) groups excluding carboxylic acids is 2. The van der Waals surface area contributed by atoms with Crippen LogP contribution in [0.25, 0.3) is 11.3 Å². The van der Waals surface area contributed by atoms with E-state index in [1.165, 1.54) is 25.6 Å². The molecule has 8 nitrogen and oxygen atoms in total. The van der Waals surface area contributed by atoms with Gasteiger partial charge in [-0.3, -0.25) is 14.6 Å². The van der Waals surface area contributed by atoms with Gasteiger partial charge in [-0.15, -0.1) is 0 Å². The van der Waals surface area contributed by atoms with Gasteiger partial charge in [-0.1, -0.05) is 30.0 Å². The van der Waals surface area contributed by atoms with Gasteiger partial charge in [0.15, 0.2) is 11.0 Å². The molecule has 3 rings (SSSR count). The van der Waals surface area contributed by atoms with Crippen molar-refractivity contribution in [3.63, 3.8) is 0 Å². The molecule has 0 atom stereocenters. The van der Waals surface area contributed by atoms with Crippen LogP contribution >= 0.6 is 11.8 Å². The number of hydrogen-bond donors (Lipinski definition) is 2. The molecule has 0 spiro atoms. The zero-order chi connectivity index (χ0) is 22.4. The number of nitrogens with one attached hydrogen (secondary N) is 2. The van der Waals surface area contributed by atoms with Crippen LogP contribution in [0.3, 0.4) is 0 Å². The Morgan fingerprint density at radius 2 is 1.74 bits per heavy atom. The van der Waals surface area contributed by atoms with E-state index < -0.39 is 0 Å². The number of nitriles is 1. The number of thioether (sulfide) groups is 1. The lowest BCUT2D eigenvalue weighted by Gasteiger charge is -2.12. The van der Waals surface area contributed by atoms with Crippen molar-refractivity contribution >= 4 is 35.1 Å². The van der Waals surface area contributed by atoms with Crippen molar-refractivity contribution in [2.75, 3.05) is 10.6 Å². The normalized spacial score (nSPS) is 10.3. The molecule has 9 heteroatoms. The molecule has 0 aliphatic rings. The predicted octanol–water partition coefficient (Wildman–Crippen LogP) is 3.93. The Morgan fingerprint density at radius 1 is 1.03 bits per heavy atom. The maximum Gasteiger partial charge on any atom is 0.222 e. The summed E-state index contributed by atoms with van der Waals surface area (Å²) in [4.78, 5) is 36.2. The highest BCUT2D eigenvalue weighted by molar-refractivity contribution is 7.98. The molecule has 2 aromatic heterocycles. The molecule has 0 bridgehead atoms. The second kappa shape index (κ2) is 9.82. The summed E-state index contributed by atoms with van der Waals surface area (Å²) >= 11 is 1.36. The summed E-state index contributed by atoms with van der Waals surface area (Å²) in [6, 6.07) is 13.0. The summed E-state index contributed by atoms with van der Waals surface area (Å²) in [7, 11) is 0. The van der Waals surface area contributed by atoms with E-state index in [9.17, 15) is 14.9 Å². The first-order chi connectivity index (χ1) is 14.9. The summed E-state index contributed by atoms with van der Waals surface area (Å²) in [5, 5.41) is 15.4. The lowest BCUT2D eigenvalue weighted by Crippen LogP contribution is -2.11. The molecule has 0 aliphatic carbocycles. The first-order valence-electron chi connectivity index (χ1n) is 9.38. The Kier molecular flexibility index (Phi) is 6.95. The number of amides is 2. The van der Waals surface area contributed by atoms with Crippen LogP contribution < -0.4 is 10.6 Å². The zero-order valence-corrected chi connectivity index (χ0v) is 18.1. The minimum absolute atomic E-state index is 0.158. The summed E-state index contributed by atoms with van der Waals surface area (Å²) in [6.45, 7) is 4.75. The number of benzene rings is 1. The smallest absolute Gasteiger partial charge is 0.222 e. The van der Waals surface area contributed by atoms with Gasteiger partial charge in [0.05, 0.1) is 11.4 Å². The van der Waals surface area contributed by atoms with Gasteiger partial charge in [-0.05, 0) is 30.7 Å². The molecule has 2 amide bonds. The summed E-state index contributed by atoms with van der Waals surface area (Å²) in [6.07, 6.45) is 1.79. The van der Waals surface area contributed by atoms with Crippen LogP contribution in [0.2, 0.25) is 0 Å². The average molecular weight is 433 g/mol. The number of anilines is 2. The first-order valence-corrected chi connectivity index (χ1v) is 10.4. The van der Waals surface area contributed by atoms with Crippen molar-refractivity contribution < 1.29 is 9.59 Å². The molecule has 0 saturated carbocycles. The van der Waals surface area contributed by atoms with Crippen molar-refractivity contribution in [2.45, 2.75) is 31.7 Å². The molecule has 0 saturated heterocycles. The molecule has 1 aromatic carbocycles. The maximum absolute atomic E-state index is 11.7. The van der Waals surface area contributed by atoms with Crippen LogP contribution in [-0.4, -0.2) is 26.8 Å². The van der Waals surface area contributed by atoms with E-state index in [0.29, 0.717) is 27.9 Å². The van der Waals surface area contributed by atoms with Gasteiger partial charge < -0.3 is 10.6 Å². The highest BCUT2D eigenvalue weighted by atomic mass is 32.2. The van der Waals surface area contributed by atoms with Crippen LogP contribution in [-0.2, 0) is 15.3 Å². The molecule has 0 aliphatic heterocycles. The molecule has 0 unspecified atom stereocenters. The Hall–Kier alpha value is -3.77. The van der Waals surface area contributed by atoms with Crippen molar-refractivity contribution in [1.29, 1.82) is 5.26 Å². The number of nitrogens with zero attached hydrogens (tertiary/aromatic N) is 4. The zero-order valence-electron chi connectivity index (χ0n) is 17.3. The minimum atomic E-state index is -0.335. The molecule has 0 radical (unpaired) electrons. The molecule has 156 valence electrons. The molecule has 0 fully saturated rings.